The highest BCUT2D eigenvalue weighted by molar-refractivity contribution is 4.67. The van der Waals surface area contributed by atoms with Gasteiger partial charge in [0.05, 0.1) is 0 Å². The van der Waals surface area contributed by atoms with Gasteiger partial charge in [-0.15, -0.1) is 0 Å². The minimum Gasteiger partial charge on any atom is -0.396 e. The summed E-state index contributed by atoms with van der Waals surface area (Å²) in [6.07, 6.45) is 7.50. The molecule has 0 aromatic heterocycles. The van der Waals surface area contributed by atoms with E-state index in [1.54, 1.807) is 0 Å². The predicted molar refractivity (Wildman–Crippen MR) is 58.8 cm³/mol. The Hall–Kier alpha value is -0.0400. The number of aliphatic hydroxyl groups excluding tert-OH is 1. The lowest BCUT2D eigenvalue weighted by Crippen LogP contribution is -2.15. The Kier molecular flexibility index (Phi) is 8.53. The molecule has 0 radical (unpaired) electrons. The van der Waals surface area contributed by atoms with Gasteiger partial charge in [0.15, 0.2) is 0 Å². The van der Waals surface area contributed by atoms with E-state index in [0.717, 1.165) is 18.3 Å². The Bertz CT molecular complexity index is 101. The number of hydrogen-bond donors (Lipinski definition) is 1. The Balaban J connectivity index is 3.84. The molecule has 0 aromatic rings. The van der Waals surface area contributed by atoms with Crippen LogP contribution in [0.3, 0.4) is 0 Å². The fourth-order valence-electron chi connectivity index (χ4n) is 2.18. The van der Waals surface area contributed by atoms with Gasteiger partial charge in [-0.25, -0.2) is 0 Å². The first-order valence-electron chi connectivity index (χ1n) is 5.90. The monoisotopic (exact) mass is 186 g/mol. The van der Waals surface area contributed by atoms with Crippen LogP contribution >= 0.6 is 0 Å². The van der Waals surface area contributed by atoms with E-state index in [0.29, 0.717) is 6.61 Å². The fraction of sp³-hybridized carbons (Fsp3) is 1.00. The molecule has 0 aliphatic carbocycles. The summed E-state index contributed by atoms with van der Waals surface area (Å²) in [5.41, 5.74) is 0. The predicted octanol–water partition coefficient (Wildman–Crippen LogP) is 3.61. The van der Waals surface area contributed by atoms with Crippen LogP contribution in [0.25, 0.3) is 0 Å². The van der Waals surface area contributed by atoms with Gasteiger partial charge in [0.2, 0.25) is 0 Å². The minimum atomic E-state index is 0.362. The van der Waals surface area contributed by atoms with Crippen LogP contribution in [0.4, 0.5) is 0 Å². The second-order valence-corrected chi connectivity index (χ2v) is 3.99. The van der Waals surface area contributed by atoms with Crippen LogP contribution < -0.4 is 0 Å². The third-order valence-corrected chi connectivity index (χ3v) is 3.14. The van der Waals surface area contributed by atoms with Crippen LogP contribution in [0.1, 0.15) is 59.3 Å². The zero-order valence-corrected chi connectivity index (χ0v) is 9.55. The van der Waals surface area contributed by atoms with Crippen molar-refractivity contribution in [3.8, 4) is 0 Å². The van der Waals surface area contributed by atoms with Crippen LogP contribution in [0.5, 0.6) is 0 Å². The van der Waals surface area contributed by atoms with E-state index >= 15 is 0 Å². The van der Waals surface area contributed by atoms with E-state index in [1.165, 1.54) is 32.1 Å². The van der Waals surface area contributed by atoms with Gasteiger partial charge in [-0.3, -0.25) is 0 Å². The molecule has 0 rings (SSSR count). The van der Waals surface area contributed by atoms with Gasteiger partial charge in [-0.1, -0.05) is 52.9 Å². The Morgan fingerprint density at radius 1 is 0.923 bits per heavy atom. The second-order valence-electron chi connectivity index (χ2n) is 3.99. The van der Waals surface area contributed by atoms with Crippen molar-refractivity contribution < 1.29 is 5.11 Å². The molecule has 0 aliphatic rings. The van der Waals surface area contributed by atoms with Gasteiger partial charge in [0.1, 0.15) is 0 Å². The molecule has 1 N–H and O–H groups in total. The van der Waals surface area contributed by atoms with Gasteiger partial charge in [-0.2, -0.15) is 0 Å². The van der Waals surface area contributed by atoms with E-state index < -0.39 is 0 Å². The lowest BCUT2D eigenvalue weighted by molar-refractivity contribution is 0.202. The molecule has 0 saturated heterocycles. The summed E-state index contributed by atoms with van der Waals surface area (Å²) < 4.78 is 0. The summed E-state index contributed by atoms with van der Waals surface area (Å²) in [7, 11) is 0. The molecule has 13 heavy (non-hydrogen) atoms. The molecule has 0 aliphatic heterocycles. The maximum atomic E-state index is 8.94. The number of hydrogen-bond acceptors (Lipinski definition) is 1. The van der Waals surface area contributed by atoms with Gasteiger partial charge >= 0.3 is 0 Å². The molecule has 0 saturated carbocycles. The Morgan fingerprint density at radius 3 is 1.85 bits per heavy atom. The lowest BCUT2D eigenvalue weighted by Gasteiger charge is -2.24. The molecule has 80 valence electrons. The van der Waals surface area contributed by atoms with Gasteiger partial charge in [-0.05, 0) is 18.3 Å². The minimum absolute atomic E-state index is 0.362. The first-order valence-corrected chi connectivity index (χ1v) is 5.90. The third kappa shape index (κ3) is 5.30. The van der Waals surface area contributed by atoms with E-state index in [-0.39, 0.29) is 0 Å². The highest BCUT2D eigenvalue weighted by Crippen LogP contribution is 2.27. The average Bonchev–Trinajstić information content (AvgIpc) is 2.17. The van der Waals surface area contributed by atoms with Gasteiger partial charge in [0, 0.05) is 6.61 Å². The molecular formula is C12H26O. The first-order chi connectivity index (χ1) is 6.29. The van der Waals surface area contributed by atoms with Crippen LogP contribution in [-0.4, -0.2) is 11.7 Å². The summed E-state index contributed by atoms with van der Waals surface area (Å²) in [5.74, 6) is 1.60. The SMILES string of the molecule is CCCCC(CC)C(CC)CCO. The topological polar surface area (TPSA) is 20.2 Å². The summed E-state index contributed by atoms with van der Waals surface area (Å²) in [6, 6.07) is 0. The smallest absolute Gasteiger partial charge is 0.0433 e. The van der Waals surface area contributed by atoms with Crippen LogP contribution in [0, 0.1) is 11.8 Å². The standard InChI is InChI=1S/C12H26O/c1-4-7-8-11(5-2)12(6-3)9-10-13/h11-13H,4-10H2,1-3H3. The average molecular weight is 186 g/mol. The zero-order chi connectivity index (χ0) is 10.1. The highest BCUT2D eigenvalue weighted by atomic mass is 16.3. The third-order valence-electron chi connectivity index (χ3n) is 3.14. The molecule has 0 fully saturated rings. The number of unbranched alkanes of at least 4 members (excludes halogenated alkanes) is 1. The van der Waals surface area contributed by atoms with Gasteiger partial charge in [0.25, 0.3) is 0 Å². The molecule has 1 heteroatoms. The maximum absolute atomic E-state index is 8.94. The molecule has 1 nitrogen and oxygen atoms in total. The van der Waals surface area contributed by atoms with Crippen molar-refractivity contribution in [1.82, 2.24) is 0 Å². The van der Waals surface area contributed by atoms with Crippen molar-refractivity contribution in [3.05, 3.63) is 0 Å². The summed E-state index contributed by atoms with van der Waals surface area (Å²) in [4.78, 5) is 0. The van der Waals surface area contributed by atoms with E-state index in [2.05, 4.69) is 20.8 Å². The number of aliphatic hydroxyl groups is 1. The normalized spacial score (nSPS) is 15.7. The van der Waals surface area contributed by atoms with Gasteiger partial charge < -0.3 is 5.11 Å². The van der Waals surface area contributed by atoms with Crippen molar-refractivity contribution in [2.75, 3.05) is 6.61 Å². The van der Waals surface area contributed by atoms with Crippen molar-refractivity contribution in [2.24, 2.45) is 11.8 Å². The fourth-order valence-corrected chi connectivity index (χ4v) is 2.18. The quantitative estimate of drug-likeness (QED) is 0.614. The van der Waals surface area contributed by atoms with E-state index in [1.807, 2.05) is 0 Å². The zero-order valence-electron chi connectivity index (χ0n) is 9.55. The van der Waals surface area contributed by atoms with Crippen molar-refractivity contribution in [3.63, 3.8) is 0 Å². The molecule has 2 atom stereocenters. The van der Waals surface area contributed by atoms with Crippen molar-refractivity contribution in [2.45, 2.75) is 59.3 Å². The molecule has 0 bridgehead atoms. The Labute approximate surface area is 83.5 Å². The summed E-state index contributed by atoms with van der Waals surface area (Å²) >= 11 is 0. The molecule has 0 heterocycles. The highest BCUT2D eigenvalue weighted by Gasteiger charge is 2.16. The molecule has 2 unspecified atom stereocenters. The van der Waals surface area contributed by atoms with Crippen LogP contribution in [-0.2, 0) is 0 Å². The summed E-state index contributed by atoms with van der Waals surface area (Å²) in [5, 5.41) is 8.94. The first kappa shape index (κ1) is 13.0. The summed E-state index contributed by atoms with van der Waals surface area (Å²) in [6.45, 7) is 7.14. The molecule has 0 aromatic carbocycles. The van der Waals surface area contributed by atoms with Crippen LogP contribution in [0.15, 0.2) is 0 Å². The molecule has 0 spiro atoms. The number of rotatable bonds is 8. The van der Waals surface area contributed by atoms with Crippen molar-refractivity contribution in [1.29, 1.82) is 0 Å². The molecule has 0 amide bonds. The molecular weight excluding hydrogens is 160 g/mol. The maximum Gasteiger partial charge on any atom is 0.0433 e. The van der Waals surface area contributed by atoms with E-state index in [9.17, 15) is 0 Å². The lowest BCUT2D eigenvalue weighted by atomic mass is 9.82. The second kappa shape index (κ2) is 8.55. The largest absolute Gasteiger partial charge is 0.396 e. The van der Waals surface area contributed by atoms with E-state index in [4.69, 9.17) is 5.11 Å². The Morgan fingerprint density at radius 2 is 1.46 bits per heavy atom. The van der Waals surface area contributed by atoms with Crippen LogP contribution in [0.2, 0.25) is 0 Å². The van der Waals surface area contributed by atoms with Crippen molar-refractivity contribution >= 4 is 0 Å².